The molecule has 0 saturated carbocycles. The molecule has 1 unspecified atom stereocenters. The smallest absolute Gasteiger partial charge is 0.182 e. The zero-order valence-electron chi connectivity index (χ0n) is 27.0. The second-order valence-electron chi connectivity index (χ2n) is 12.1. The third kappa shape index (κ3) is 5.79. The second-order valence-corrected chi connectivity index (χ2v) is 12.1. The number of hydrogen-bond donors (Lipinski definition) is 9. The first-order valence-corrected chi connectivity index (χ1v) is 15.8. The summed E-state index contributed by atoms with van der Waals surface area (Å²) in [4.78, 5) is 16.9. The van der Waals surface area contributed by atoms with E-state index in [1.807, 2.05) is 0 Å². The number of carbonyl (C=O) groups is 1. The lowest BCUT2D eigenvalue weighted by Crippen LogP contribution is -2.29. The maximum Gasteiger partial charge on any atom is 0.182 e. The Kier molecular flexibility index (Phi) is 8.11. The summed E-state index contributed by atoms with van der Waals surface area (Å²) in [7, 11) is 0. The molecule has 6 aromatic rings. The van der Waals surface area contributed by atoms with Crippen molar-refractivity contribution >= 4 is 45.5 Å². The summed E-state index contributed by atoms with van der Waals surface area (Å²) in [6.45, 7) is 0. The molecule has 0 amide bonds. The molecule has 7 rings (SSSR count). The summed E-state index contributed by atoms with van der Waals surface area (Å²) in [5.74, 6) is -5.09. The molecular formula is C40H30N2O10. The van der Waals surface area contributed by atoms with Gasteiger partial charge < -0.3 is 55.8 Å². The van der Waals surface area contributed by atoms with Crippen molar-refractivity contribution in [2.24, 2.45) is 0 Å². The molecule has 0 spiro atoms. The Bertz CT molecular complexity index is 2220. The normalized spacial score (nSPS) is 13.8. The molecule has 0 heterocycles. The number of phenolic OH excluding ortho intramolecular Hbond substituents is 8. The van der Waals surface area contributed by atoms with Crippen LogP contribution in [0.25, 0.3) is 5.57 Å². The van der Waals surface area contributed by atoms with Gasteiger partial charge in [-0.1, -0.05) is 0 Å². The largest absolute Gasteiger partial charge is 0.510 e. The highest BCUT2D eigenvalue weighted by molar-refractivity contribution is 6.33. The molecule has 0 fully saturated rings. The molecule has 52 heavy (non-hydrogen) atoms. The SMILES string of the molecule is O=C1C(c2c(O)cc(N(c3ccc(O)cc3)c3ccc(O)cc3)cc2O)=C(O)C1c1c(O)cc(N(c2ccc(O)cc2)c2ccc(O)cc2)cc1O. The standard InChI is InChI=1S/C40H30N2O10/c43-27-9-1-21(2-10-27)41(22-3-11-28(44)12-4-22)25-17-31(47)35(32(48)18-25)37-39(51)38(40(37)52)36-33(49)19-26(20-34(36)50)42(23-5-13-29(45)14-6-23)24-7-15-30(46)16-8-24/h1-20,37,43-51H. The molecule has 0 radical (unpaired) electrons. The Balaban J connectivity index is 1.26. The van der Waals surface area contributed by atoms with Gasteiger partial charge in [-0.25, -0.2) is 0 Å². The molecule has 0 aromatic heterocycles. The van der Waals surface area contributed by atoms with Gasteiger partial charge in [0, 0.05) is 47.0 Å². The average molecular weight is 699 g/mol. The van der Waals surface area contributed by atoms with Crippen LogP contribution in [0.15, 0.2) is 127 Å². The third-order valence-corrected chi connectivity index (χ3v) is 8.73. The number of phenols is 8. The number of anilines is 6. The van der Waals surface area contributed by atoms with Crippen LogP contribution in [-0.2, 0) is 4.79 Å². The number of aliphatic hydroxyl groups excluding tert-OH is 1. The Hall–Kier alpha value is -7.47. The molecule has 12 heteroatoms. The van der Waals surface area contributed by atoms with Crippen LogP contribution in [0, 0.1) is 0 Å². The molecule has 12 nitrogen and oxygen atoms in total. The van der Waals surface area contributed by atoms with Crippen molar-refractivity contribution in [1.82, 2.24) is 0 Å². The number of allylic oxidation sites excluding steroid dienone is 2. The van der Waals surface area contributed by atoms with Gasteiger partial charge in [-0.15, -0.1) is 0 Å². The van der Waals surface area contributed by atoms with Crippen LogP contribution < -0.4 is 9.80 Å². The van der Waals surface area contributed by atoms with E-state index < -0.39 is 46.0 Å². The van der Waals surface area contributed by atoms with Gasteiger partial charge in [-0.05, 0) is 97.1 Å². The molecule has 6 aromatic carbocycles. The molecule has 9 N–H and O–H groups in total. The average Bonchev–Trinajstić information content (AvgIpc) is 3.11. The minimum absolute atomic E-state index is 0.00892. The first-order valence-electron chi connectivity index (χ1n) is 15.8. The number of aliphatic hydroxyl groups is 1. The van der Waals surface area contributed by atoms with E-state index in [2.05, 4.69) is 0 Å². The van der Waals surface area contributed by atoms with Crippen molar-refractivity contribution < 1.29 is 50.8 Å². The van der Waals surface area contributed by atoms with Crippen LogP contribution in [0.5, 0.6) is 46.0 Å². The number of Topliss-reactive ketones (excluding diaryl/α,β-unsaturated/α-hetero) is 1. The number of rotatable bonds is 8. The maximum absolute atomic E-state index is 13.7. The Morgan fingerprint density at radius 2 is 0.673 bits per heavy atom. The van der Waals surface area contributed by atoms with E-state index in [-0.39, 0.29) is 45.5 Å². The van der Waals surface area contributed by atoms with Crippen LogP contribution in [0.1, 0.15) is 17.0 Å². The minimum atomic E-state index is -1.52. The van der Waals surface area contributed by atoms with Gasteiger partial charge in [-0.2, -0.15) is 0 Å². The highest BCUT2D eigenvalue weighted by atomic mass is 16.3. The minimum Gasteiger partial charge on any atom is -0.510 e. The molecular weight excluding hydrogens is 668 g/mol. The van der Waals surface area contributed by atoms with Gasteiger partial charge >= 0.3 is 0 Å². The zero-order chi connectivity index (χ0) is 36.8. The first kappa shape index (κ1) is 33.0. The summed E-state index contributed by atoms with van der Waals surface area (Å²) in [5.41, 5.74) is 1.46. The van der Waals surface area contributed by atoms with E-state index in [1.165, 1.54) is 72.8 Å². The van der Waals surface area contributed by atoms with Crippen molar-refractivity contribution in [3.8, 4) is 46.0 Å². The fourth-order valence-corrected chi connectivity index (χ4v) is 6.30. The predicted octanol–water partition coefficient (Wildman–Crippen LogP) is 7.91. The van der Waals surface area contributed by atoms with Gasteiger partial charge in [0.1, 0.15) is 57.7 Å². The number of benzene rings is 6. The van der Waals surface area contributed by atoms with Gasteiger partial charge in [0.15, 0.2) is 5.78 Å². The summed E-state index contributed by atoms with van der Waals surface area (Å²) >= 11 is 0. The van der Waals surface area contributed by atoms with Crippen molar-refractivity contribution in [2.75, 3.05) is 9.80 Å². The van der Waals surface area contributed by atoms with E-state index in [4.69, 9.17) is 0 Å². The molecule has 1 aliphatic rings. The summed E-state index contributed by atoms with van der Waals surface area (Å²) < 4.78 is 0. The van der Waals surface area contributed by atoms with E-state index in [0.717, 1.165) is 0 Å². The van der Waals surface area contributed by atoms with Crippen molar-refractivity contribution in [3.63, 3.8) is 0 Å². The summed E-state index contributed by atoms with van der Waals surface area (Å²) in [6.07, 6.45) is 0. The Morgan fingerprint density at radius 1 is 0.385 bits per heavy atom. The number of carbonyl (C=O) groups excluding carboxylic acids is 1. The third-order valence-electron chi connectivity index (χ3n) is 8.73. The highest BCUT2D eigenvalue weighted by Crippen LogP contribution is 2.54. The van der Waals surface area contributed by atoms with Crippen molar-refractivity contribution in [1.29, 1.82) is 0 Å². The molecule has 260 valence electrons. The quantitative estimate of drug-likeness (QED) is 0.0744. The predicted molar refractivity (Wildman–Crippen MR) is 193 cm³/mol. The van der Waals surface area contributed by atoms with E-state index >= 15 is 0 Å². The number of hydrogen-bond acceptors (Lipinski definition) is 12. The second kappa shape index (κ2) is 12.8. The molecule has 1 atom stereocenters. The van der Waals surface area contributed by atoms with Crippen LogP contribution in [-0.4, -0.2) is 51.7 Å². The van der Waals surface area contributed by atoms with Gasteiger partial charge in [0.2, 0.25) is 0 Å². The molecule has 0 aliphatic heterocycles. The molecule has 0 bridgehead atoms. The summed E-state index contributed by atoms with van der Waals surface area (Å²) in [6, 6.07) is 29.4. The number of aromatic hydroxyl groups is 8. The highest BCUT2D eigenvalue weighted by Gasteiger charge is 2.46. The van der Waals surface area contributed by atoms with Crippen LogP contribution in [0.4, 0.5) is 34.1 Å². The van der Waals surface area contributed by atoms with E-state index in [1.54, 1.807) is 58.3 Å². The first-order chi connectivity index (χ1) is 24.9. The van der Waals surface area contributed by atoms with E-state index in [9.17, 15) is 50.8 Å². The van der Waals surface area contributed by atoms with Crippen LogP contribution in [0.3, 0.4) is 0 Å². The van der Waals surface area contributed by atoms with Crippen molar-refractivity contribution in [2.45, 2.75) is 5.92 Å². The number of ketones is 1. The zero-order valence-corrected chi connectivity index (χ0v) is 27.0. The Morgan fingerprint density at radius 3 is 0.962 bits per heavy atom. The van der Waals surface area contributed by atoms with Crippen LogP contribution >= 0.6 is 0 Å². The molecule has 1 aliphatic carbocycles. The van der Waals surface area contributed by atoms with E-state index in [0.29, 0.717) is 22.7 Å². The van der Waals surface area contributed by atoms with Gasteiger partial charge in [0.05, 0.1) is 28.1 Å². The fraction of sp³-hybridized carbons (Fsp3) is 0.0250. The topological polar surface area (TPSA) is 206 Å². The van der Waals surface area contributed by atoms with Gasteiger partial charge in [-0.3, -0.25) is 4.79 Å². The lowest BCUT2D eigenvalue weighted by atomic mass is 9.74. The summed E-state index contributed by atoms with van der Waals surface area (Å²) in [5, 5.41) is 95.3. The van der Waals surface area contributed by atoms with Crippen molar-refractivity contribution in [3.05, 3.63) is 138 Å². The fourth-order valence-electron chi connectivity index (χ4n) is 6.30. The monoisotopic (exact) mass is 698 g/mol. The lowest BCUT2D eigenvalue weighted by Gasteiger charge is -2.32. The van der Waals surface area contributed by atoms with Crippen LogP contribution in [0.2, 0.25) is 0 Å². The molecule has 0 saturated heterocycles. The lowest BCUT2D eigenvalue weighted by molar-refractivity contribution is -0.116. The maximum atomic E-state index is 13.7. The Labute approximate surface area is 295 Å². The van der Waals surface area contributed by atoms with Gasteiger partial charge in [0.25, 0.3) is 0 Å². The number of nitrogens with zero attached hydrogens (tertiary/aromatic N) is 2.